The summed E-state index contributed by atoms with van der Waals surface area (Å²) in [5.74, 6) is 0. The smallest absolute Gasteiger partial charge is 0.0896 e. The minimum absolute atomic E-state index is 1.02. The van der Waals surface area contributed by atoms with E-state index in [0.717, 1.165) is 16.1 Å². The predicted octanol–water partition coefficient (Wildman–Crippen LogP) is 2.52. The summed E-state index contributed by atoms with van der Waals surface area (Å²) in [5.41, 5.74) is 1.14. The Bertz CT molecular complexity index is 266. The highest BCUT2D eigenvalue weighted by atomic mass is 79.9. The SMILES string of the molecule is Brc1ccccc1[C]1[CH][CH][CH][N]1. The van der Waals surface area contributed by atoms with Crippen LogP contribution in [0.5, 0.6) is 0 Å². The van der Waals surface area contributed by atoms with Gasteiger partial charge in [-0.15, -0.1) is 0 Å². The summed E-state index contributed by atoms with van der Waals surface area (Å²) in [5, 5.41) is 4.22. The van der Waals surface area contributed by atoms with Crippen LogP contribution in [0.15, 0.2) is 28.7 Å². The van der Waals surface area contributed by atoms with Crippen LogP contribution < -0.4 is 5.32 Å². The quantitative estimate of drug-likeness (QED) is 0.691. The average Bonchev–Trinajstić information content (AvgIpc) is 2.57. The number of hydrogen-bond donors (Lipinski definition) is 0. The summed E-state index contributed by atoms with van der Waals surface area (Å²) < 4.78 is 1.09. The fourth-order valence-corrected chi connectivity index (χ4v) is 1.62. The van der Waals surface area contributed by atoms with Gasteiger partial charge in [-0.3, -0.25) is 0 Å². The van der Waals surface area contributed by atoms with E-state index in [1.54, 1.807) is 6.54 Å². The van der Waals surface area contributed by atoms with Gasteiger partial charge in [0, 0.05) is 11.0 Å². The Kier molecular flexibility index (Phi) is 2.47. The molecule has 1 saturated heterocycles. The van der Waals surface area contributed by atoms with Crippen molar-refractivity contribution in [1.82, 2.24) is 5.32 Å². The van der Waals surface area contributed by atoms with Gasteiger partial charge in [0.2, 0.25) is 0 Å². The zero-order chi connectivity index (χ0) is 8.39. The Morgan fingerprint density at radius 1 is 1.17 bits per heavy atom. The van der Waals surface area contributed by atoms with Gasteiger partial charge in [0.05, 0.1) is 6.04 Å². The summed E-state index contributed by atoms with van der Waals surface area (Å²) in [4.78, 5) is 0. The van der Waals surface area contributed by atoms with E-state index >= 15 is 0 Å². The zero-order valence-electron chi connectivity index (χ0n) is 6.37. The van der Waals surface area contributed by atoms with E-state index in [9.17, 15) is 0 Å². The molecule has 1 nitrogen and oxygen atoms in total. The van der Waals surface area contributed by atoms with Gasteiger partial charge < -0.3 is 0 Å². The van der Waals surface area contributed by atoms with Crippen molar-refractivity contribution in [1.29, 1.82) is 0 Å². The lowest BCUT2D eigenvalue weighted by molar-refractivity contribution is 0.941. The van der Waals surface area contributed by atoms with Crippen LogP contribution in [-0.2, 0) is 0 Å². The van der Waals surface area contributed by atoms with E-state index in [2.05, 4.69) is 21.2 Å². The summed E-state index contributed by atoms with van der Waals surface area (Å²) in [6.45, 7) is 1.80. The van der Waals surface area contributed by atoms with Crippen LogP contribution in [0.1, 0.15) is 5.56 Å². The minimum atomic E-state index is 1.02. The second kappa shape index (κ2) is 3.58. The molecular weight excluding hydrogens is 214 g/mol. The molecule has 59 valence electrons. The third-order valence-corrected chi connectivity index (χ3v) is 2.40. The normalized spacial score (nSPS) is 18.4. The highest BCUT2D eigenvalue weighted by Gasteiger charge is 2.21. The highest BCUT2D eigenvalue weighted by molar-refractivity contribution is 9.10. The zero-order valence-corrected chi connectivity index (χ0v) is 7.95. The van der Waals surface area contributed by atoms with Crippen molar-refractivity contribution >= 4 is 15.9 Å². The van der Waals surface area contributed by atoms with Crippen molar-refractivity contribution in [2.24, 2.45) is 0 Å². The molecule has 0 aromatic heterocycles. The third-order valence-electron chi connectivity index (χ3n) is 1.70. The highest BCUT2D eigenvalue weighted by Crippen LogP contribution is 2.29. The molecule has 1 aromatic carbocycles. The molecule has 0 aliphatic carbocycles. The Hall–Kier alpha value is -0.340. The maximum Gasteiger partial charge on any atom is 0.0896 e. The summed E-state index contributed by atoms with van der Waals surface area (Å²) >= 11 is 3.48. The van der Waals surface area contributed by atoms with Crippen LogP contribution in [-0.4, -0.2) is 0 Å². The summed E-state index contributed by atoms with van der Waals surface area (Å²) in [7, 11) is 0. The molecule has 5 radical (unpaired) electrons. The van der Waals surface area contributed by atoms with Gasteiger partial charge in [0.15, 0.2) is 0 Å². The van der Waals surface area contributed by atoms with Crippen LogP contribution in [0, 0.1) is 25.4 Å². The van der Waals surface area contributed by atoms with Gasteiger partial charge in [-0.05, 0) is 24.5 Å². The molecule has 1 aromatic rings. The molecule has 1 heterocycles. The summed E-state index contributed by atoms with van der Waals surface area (Å²) in [6, 6.07) is 9.09. The van der Waals surface area contributed by atoms with E-state index in [0.29, 0.717) is 0 Å². The maximum absolute atomic E-state index is 4.22. The van der Waals surface area contributed by atoms with Gasteiger partial charge in [-0.2, -0.15) is 0 Å². The first-order valence-corrected chi connectivity index (χ1v) is 4.50. The van der Waals surface area contributed by atoms with E-state index in [1.807, 2.05) is 37.1 Å². The van der Waals surface area contributed by atoms with Crippen molar-refractivity contribution < 1.29 is 0 Å². The van der Waals surface area contributed by atoms with Crippen molar-refractivity contribution in [3.63, 3.8) is 0 Å². The van der Waals surface area contributed by atoms with Gasteiger partial charge in [-0.1, -0.05) is 34.1 Å². The first kappa shape index (κ1) is 8.27. The topological polar surface area (TPSA) is 14.1 Å². The first-order chi connectivity index (χ1) is 5.88. The fraction of sp³-hybridized carbons (Fsp3) is 0. The Morgan fingerprint density at radius 2 is 2.00 bits per heavy atom. The molecule has 2 rings (SSSR count). The van der Waals surface area contributed by atoms with Crippen LogP contribution in [0.2, 0.25) is 0 Å². The second-order valence-corrected chi connectivity index (χ2v) is 3.36. The van der Waals surface area contributed by atoms with Crippen molar-refractivity contribution in [2.75, 3.05) is 0 Å². The van der Waals surface area contributed by atoms with Crippen molar-refractivity contribution in [3.8, 4) is 0 Å². The number of benzene rings is 1. The van der Waals surface area contributed by atoms with Crippen molar-refractivity contribution in [2.45, 2.75) is 0 Å². The monoisotopic (exact) mass is 220 g/mol. The van der Waals surface area contributed by atoms with Crippen LogP contribution in [0.25, 0.3) is 0 Å². The number of nitrogens with zero attached hydrogens (tertiary/aromatic N) is 1. The van der Waals surface area contributed by atoms with Crippen LogP contribution in [0.4, 0.5) is 0 Å². The molecule has 0 unspecified atom stereocenters. The van der Waals surface area contributed by atoms with Gasteiger partial charge in [0.1, 0.15) is 0 Å². The molecule has 0 atom stereocenters. The molecule has 2 heteroatoms. The van der Waals surface area contributed by atoms with Crippen LogP contribution >= 0.6 is 15.9 Å². The largest absolute Gasteiger partial charge is 0.222 e. The lowest BCUT2D eigenvalue weighted by atomic mass is 10.1. The third kappa shape index (κ3) is 1.54. The fourth-order valence-electron chi connectivity index (χ4n) is 1.13. The standard InChI is InChI=1S/C10H7BrN/c11-9-5-2-1-4-8(9)10-6-3-7-12-10/h1-7H. The lowest BCUT2D eigenvalue weighted by Gasteiger charge is -2.08. The molecule has 0 N–H and O–H groups in total. The van der Waals surface area contributed by atoms with E-state index in [-0.39, 0.29) is 0 Å². The molecular formula is C10H7BrN. The molecule has 12 heavy (non-hydrogen) atoms. The number of hydrogen-bond acceptors (Lipinski definition) is 0. The minimum Gasteiger partial charge on any atom is -0.222 e. The maximum atomic E-state index is 4.22. The van der Waals surface area contributed by atoms with Gasteiger partial charge >= 0.3 is 0 Å². The molecule has 1 aliphatic rings. The Balaban J connectivity index is 2.26. The van der Waals surface area contributed by atoms with E-state index in [1.165, 1.54) is 0 Å². The molecule has 0 spiro atoms. The second-order valence-electron chi connectivity index (χ2n) is 2.50. The Morgan fingerprint density at radius 3 is 2.67 bits per heavy atom. The molecule has 0 bridgehead atoms. The molecule has 0 saturated carbocycles. The first-order valence-electron chi connectivity index (χ1n) is 3.70. The Labute approximate surface area is 81.3 Å². The van der Waals surface area contributed by atoms with Gasteiger partial charge in [-0.25, -0.2) is 5.32 Å². The average molecular weight is 221 g/mol. The molecule has 1 fully saturated rings. The van der Waals surface area contributed by atoms with E-state index in [4.69, 9.17) is 0 Å². The lowest BCUT2D eigenvalue weighted by Crippen LogP contribution is -2.04. The van der Waals surface area contributed by atoms with Crippen molar-refractivity contribution in [3.05, 3.63) is 59.7 Å². The van der Waals surface area contributed by atoms with Gasteiger partial charge in [0.25, 0.3) is 0 Å². The van der Waals surface area contributed by atoms with E-state index < -0.39 is 0 Å². The number of rotatable bonds is 1. The molecule has 1 aliphatic heterocycles. The number of halogens is 1. The van der Waals surface area contributed by atoms with Crippen LogP contribution in [0.3, 0.4) is 0 Å². The molecule has 0 amide bonds. The summed E-state index contributed by atoms with van der Waals surface area (Å²) in [6.07, 6.45) is 3.94. The predicted molar refractivity (Wildman–Crippen MR) is 51.5 cm³/mol.